The van der Waals surface area contributed by atoms with E-state index in [0.717, 1.165) is 12.1 Å². The molecule has 0 aromatic heterocycles. The summed E-state index contributed by atoms with van der Waals surface area (Å²) in [6.07, 6.45) is 7.02. The van der Waals surface area contributed by atoms with Gasteiger partial charge in [0.1, 0.15) is 0 Å². The molecule has 1 aromatic carbocycles. The summed E-state index contributed by atoms with van der Waals surface area (Å²) in [5.74, 6) is 5.73. The highest BCUT2D eigenvalue weighted by Gasteiger charge is 2.33. The van der Waals surface area contributed by atoms with Crippen LogP contribution in [0.3, 0.4) is 0 Å². The molecule has 0 bridgehead atoms. The number of rotatable bonds is 4. The maximum absolute atomic E-state index is 12.4. The van der Waals surface area contributed by atoms with Gasteiger partial charge in [-0.15, -0.1) is 0 Å². The molecule has 4 heteroatoms. The second kappa shape index (κ2) is 7.53. The Morgan fingerprint density at radius 1 is 1.38 bits per heavy atom. The highest BCUT2D eigenvalue weighted by Crippen LogP contribution is 2.39. The summed E-state index contributed by atoms with van der Waals surface area (Å²) in [6, 6.07) is 7.42. The molecule has 1 saturated carbocycles. The minimum Gasteiger partial charge on any atom is -0.351 e. The average Bonchev–Trinajstić information content (AvgIpc) is 3.00. The summed E-state index contributed by atoms with van der Waals surface area (Å²) in [5, 5.41) is 3.09. The molecule has 1 amide bonds. The standard InChI is InChI=1S/C17H22N2OS/c1-21-17(10-4-5-11-17)13-19-16(20)15-9-3-2-7-14(15)8-6-12-18/h2-3,7,9H,4-5,10-13,18H2,1H3,(H,19,20). The lowest BCUT2D eigenvalue weighted by Crippen LogP contribution is -2.38. The highest BCUT2D eigenvalue weighted by molar-refractivity contribution is 8.00. The second-order valence-electron chi connectivity index (χ2n) is 5.33. The minimum atomic E-state index is -0.0442. The van der Waals surface area contributed by atoms with Gasteiger partial charge in [0, 0.05) is 16.9 Å². The molecule has 1 aromatic rings. The monoisotopic (exact) mass is 302 g/mol. The van der Waals surface area contributed by atoms with Crippen LogP contribution in [0.2, 0.25) is 0 Å². The summed E-state index contributed by atoms with van der Waals surface area (Å²) in [4.78, 5) is 12.4. The van der Waals surface area contributed by atoms with Gasteiger partial charge in [-0.05, 0) is 31.2 Å². The SMILES string of the molecule is CSC1(CNC(=O)c2ccccc2C#CCN)CCCC1. The van der Waals surface area contributed by atoms with Gasteiger partial charge in [0.25, 0.3) is 5.91 Å². The summed E-state index contributed by atoms with van der Waals surface area (Å²) in [6.45, 7) is 1.02. The van der Waals surface area contributed by atoms with Crippen molar-refractivity contribution in [3.63, 3.8) is 0 Å². The molecule has 3 nitrogen and oxygen atoms in total. The molecule has 0 heterocycles. The van der Waals surface area contributed by atoms with Crippen LogP contribution in [0.4, 0.5) is 0 Å². The lowest BCUT2D eigenvalue weighted by atomic mass is 10.1. The number of hydrogen-bond acceptors (Lipinski definition) is 3. The van der Waals surface area contributed by atoms with Crippen molar-refractivity contribution in [3.05, 3.63) is 35.4 Å². The van der Waals surface area contributed by atoms with Gasteiger partial charge in [0.15, 0.2) is 0 Å². The van der Waals surface area contributed by atoms with Crippen molar-refractivity contribution in [2.24, 2.45) is 5.73 Å². The summed E-state index contributed by atoms with van der Waals surface area (Å²) < 4.78 is 0.216. The number of carbonyl (C=O) groups excluding carboxylic acids is 1. The molecule has 1 aliphatic rings. The maximum Gasteiger partial charge on any atom is 0.252 e. The highest BCUT2D eigenvalue weighted by atomic mass is 32.2. The average molecular weight is 302 g/mol. The van der Waals surface area contributed by atoms with E-state index in [9.17, 15) is 4.79 Å². The van der Waals surface area contributed by atoms with Crippen LogP contribution >= 0.6 is 11.8 Å². The van der Waals surface area contributed by atoms with Crippen LogP contribution in [-0.2, 0) is 0 Å². The van der Waals surface area contributed by atoms with Crippen molar-refractivity contribution >= 4 is 17.7 Å². The van der Waals surface area contributed by atoms with Gasteiger partial charge in [-0.25, -0.2) is 0 Å². The fraction of sp³-hybridized carbons (Fsp3) is 0.471. The normalized spacial score (nSPS) is 16.1. The molecule has 0 unspecified atom stereocenters. The Balaban J connectivity index is 2.07. The van der Waals surface area contributed by atoms with Crippen LogP contribution in [0.1, 0.15) is 41.6 Å². The summed E-state index contributed by atoms with van der Waals surface area (Å²) >= 11 is 1.88. The van der Waals surface area contributed by atoms with Crippen LogP contribution in [0.15, 0.2) is 24.3 Å². The Hall–Kier alpha value is -1.44. The van der Waals surface area contributed by atoms with Crippen molar-refractivity contribution in [2.75, 3.05) is 19.3 Å². The molecular formula is C17H22N2OS. The van der Waals surface area contributed by atoms with Crippen LogP contribution in [-0.4, -0.2) is 30.0 Å². The van der Waals surface area contributed by atoms with Gasteiger partial charge in [-0.3, -0.25) is 4.79 Å². The van der Waals surface area contributed by atoms with E-state index in [1.54, 1.807) is 0 Å². The van der Waals surface area contributed by atoms with Crippen LogP contribution in [0, 0.1) is 11.8 Å². The van der Waals surface area contributed by atoms with Crippen molar-refractivity contribution in [3.8, 4) is 11.8 Å². The molecule has 112 valence electrons. The third-order valence-electron chi connectivity index (χ3n) is 4.02. The molecule has 0 atom stereocenters. The van der Waals surface area contributed by atoms with Gasteiger partial charge >= 0.3 is 0 Å². The predicted octanol–water partition coefficient (Wildman–Crippen LogP) is 2.40. The number of nitrogens with two attached hydrogens (primary N) is 1. The van der Waals surface area contributed by atoms with Gasteiger partial charge in [0.2, 0.25) is 0 Å². The van der Waals surface area contributed by atoms with E-state index in [0.29, 0.717) is 12.1 Å². The zero-order valence-electron chi connectivity index (χ0n) is 12.4. The van der Waals surface area contributed by atoms with E-state index >= 15 is 0 Å². The fourth-order valence-electron chi connectivity index (χ4n) is 2.75. The second-order valence-corrected chi connectivity index (χ2v) is 6.60. The van der Waals surface area contributed by atoms with Gasteiger partial charge in [-0.1, -0.05) is 36.8 Å². The smallest absolute Gasteiger partial charge is 0.252 e. The maximum atomic E-state index is 12.4. The van der Waals surface area contributed by atoms with Crippen molar-refractivity contribution in [2.45, 2.75) is 30.4 Å². The van der Waals surface area contributed by atoms with Gasteiger partial charge in [0.05, 0.1) is 12.1 Å². The summed E-state index contributed by atoms with van der Waals surface area (Å²) in [7, 11) is 0. The van der Waals surface area contributed by atoms with Crippen molar-refractivity contribution < 1.29 is 4.79 Å². The molecular weight excluding hydrogens is 280 g/mol. The zero-order valence-corrected chi connectivity index (χ0v) is 13.3. The molecule has 1 fully saturated rings. The number of benzene rings is 1. The topological polar surface area (TPSA) is 55.1 Å². The molecule has 0 spiro atoms. The minimum absolute atomic E-state index is 0.0442. The molecule has 3 N–H and O–H groups in total. The zero-order chi connectivity index (χ0) is 15.1. The largest absolute Gasteiger partial charge is 0.351 e. The lowest BCUT2D eigenvalue weighted by molar-refractivity contribution is 0.0949. The molecule has 1 aliphatic carbocycles. The number of carbonyl (C=O) groups is 1. The Kier molecular flexibility index (Phi) is 5.72. The van der Waals surface area contributed by atoms with E-state index in [-0.39, 0.29) is 10.7 Å². The van der Waals surface area contributed by atoms with Crippen LogP contribution in [0.25, 0.3) is 0 Å². The van der Waals surface area contributed by atoms with Gasteiger partial charge in [-0.2, -0.15) is 11.8 Å². The first kappa shape index (κ1) is 15.9. The summed E-state index contributed by atoms with van der Waals surface area (Å²) in [5.41, 5.74) is 6.78. The van der Waals surface area contributed by atoms with Crippen LogP contribution < -0.4 is 11.1 Å². The van der Waals surface area contributed by atoms with E-state index in [1.165, 1.54) is 25.7 Å². The number of hydrogen-bond donors (Lipinski definition) is 2. The van der Waals surface area contributed by atoms with E-state index in [4.69, 9.17) is 5.73 Å². The number of amides is 1. The van der Waals surface area contributed by atoms with Crippen molar-refractivity contribution in [1.82, 2.24) is 5.32 Å². The molecule has 0 saturated heterocycles. The predicted molar refractivity (Wildman–Crippen MR) is 89.4 cm³/mol. The van der Waals surface area contributed by atoms with Crippen LogP contribution in [0.5, 0.6) is 0 Å². The Bertz CT molecular complexity index is 553. The molecule has 2 rings (SSSR count). The van der Waals surface area contributed by atoms with Gasteiger partial charge < -0.3 is 11.1 Å². The number of thioether (sulfide) groups is 1. The lowest BCUT2D eigenvalue weighted by Gasteiger charge is -2.27. The quantitative estimate of drug-likeness (QED) is 0.840. The first-order valence-corrected chi connectivity index (χ1v) is 8.54. The molecule has 21 heavy (non-hydrogen) atoms. The number of nitrogens with one attached hydrogen (secondary N) is 1. The first-order valence-electron chi connectivity index (χ1n) is 7.32. The van der Waals surface area contributed by atoms with Crippen molar-refractivity contribution in [1.29, 1.82) is 0 Å². The van der Waals surface area contributed by atoms with E-state index in [1.807, 2.05) is 36.0 Å². The molecule has 0 radical (unpaired) electrons. The third-order valence-corrected chi connectivity index (χ3v) is 5.43. The Morgan fingerprint density at radius 2 is 2.10 bits per heavy atom. The van der Waals surface area contributed by atoms with E-state index < -0.39 is 0 Å². The molecule has 0 aliphatic heterocycles. The Morgan fingerprint density at radius 3 is 2.76 bits per heavy atom. The Labute approximate surface area is 131 Å². The first-order chi connectivity index (χ1) is 10.2. The van der Waals surface area contributed by atoms with E-state index in [2.05, 4.69) is 23.4 Å². The fourth-order valence-corrected chi connectivity index (χ4v) is 3.66. The third kappa shape index (κ3) is 4.03.